The third-order valence-electron chi connectivity index (χ3n) is 4.61. The number of hydrogen-bond acceptors (Lipinski definition) is 7. The van der Waals surface area contributed by atoms with Gasteiger partial charge in [-0.15, -0.1) is 0 Å². The molecule has 1 atom stereocenters. The van der Waals surface area contributed by atoms with Gasteiger partial charge in [-0.25, -0.2) is 4.98 Å². The molecule has 1 aromatic heterocycles. The summed E-state index contributed by atoms with van der Waals surface area (Å²) in [5, 5.41) is 0. The predicted octanol–water partition coefficient (Wildman–Crippen LogP) is 1.71. The van der Waals surface area contributed by atoms with Crippen LogP contribution in [0, 0.1) is 17.8 Å². The molecule has 0 radical (unpaired) electrons. The second-order valence-electron chi connectivity index (χ2n) is 6.77. The van der Waals surface area contributed by atoms with E-state index in [1.165, 1.54) is 7.11 Å². The summed E-state index contributed by atoms with van der Waals surface area (Å²) >= 11 is 0. The molecule has 32 heavy (non-hydrogen) atoms. The molecule has 1 saturated heterocycles. The minimum absolute atomic E-state index is 0.0258. The third kappa shape index (κ3) is 5.95. The van der Waals surface area contributed by atoms with Crippen molar-refractivity contribution >= 4 is 17.5 Å². The first-order valence-corrected chi connectivity index (χ1v) is 10.4. The van der Waals surface area contributed by atoms with Crippen LogP contribution < -0.4 is 16.2 Å². The average Bonchev–Trinajstić information content (AvgIpc) is 3.12. The number of primary amides is 1. The van der Waals surface area contributed by atoms with E-state index in [4.69, 9.17) is 20.9 Å². The highest BCUT2D eigenvalue weighted by atomic mass is 16.5. The molecule has 4 N–H and O–H groups in total. The molecule has 0 unspecified atom stereocenters. The number of aromatic nitrogens is 2. The molecule has 0 aliphatic carbocycles. The highest BCUT2D eigenvalue weighted by Gasteiger charge is 2.27. The number of carbonyl (C=O) groups excluding carboxylic acids is 2. The van der Waals surface area contributed by atoms with Gasteiger partial charge in [0.15, 0.2) is 11.5 Å². The summed E-state index contributed by atoms with van der Waals surface area (Å²) in [6, 6.07) is 7.15. The fourth-order valence-corrected chi connectivity index (χ4v) is 2.96. The number of likely N-dealkylation sites (tertiary alicyclic amines) is 1. The minimum atomic E-state index is -0.785. The van der Waals surface area contributed by atoms with Crippen LogP contribution in [0.5, 0.6) is 5.88 Å². The number of ether oxygens (including phenoxy) is 2. The summed E-state index contributed by atoms with van der Waals surface area (Å²) in [5.41, 5.74) is 12.5. The summed E-state index contributed by atoms with van der Waals surface area (Å²) in [7, 11) is 3.31. The van der Waals surface area contributed by atoms with Crippen LogP contribution in [0.15, 0.2) is 24.3 Å². The number of amides is 2. The Labute approximate surface area is 188 Å². The van der Waals surface area contributed by atoms with Crippen molar-refractivity contribution in [3.05, 3.63) is 35.5 Å². The molecule has 0 saturated carbocycles. The average molecular weight is 440 g/mol. The first-order chi connectivity index (χ1) is 15.4. The standard InChI is InChI=1S/C21H23N5O4.C2H6/c1-26-9-8-14(21(26)28)7-6-13-4-3-5-15(12-13)19-24-17(18(23)27)16(22)20(25-19)30-11-10-29-2;1-2/h3-5,12,14H,8-11,22H2,1-2H3,(H2,23,27);1-2H3/t14-;/m1./s1. The van der Waals surface area contributed by atoms with Crippen LogP contribution in [0.4, 0.5) is 5.69 Å². The van der Waals surface area contributed by atoms with Crippen molar-refractivity contribution < 1.29 is 19.1 Å². The smallest absolute Gasteiger partial charge is 0.269 e. The summed E-state index contributed by atoms with van der Waals surface area (Å²) in [6.45, 7) is 5.23. The van der Waals surface area contributed by atoms with Gasteiger partial charge in [0.1, 0.15) is 18.2 Å². The number of hydrogen-bond donors (Lipinski definition) is 2. The zero-order valence-corrected chi connectivity index (χ0v) is 18.8. The minimum Gasteiger partial charge on any atom is -0.474 e. The quantitative estimate of drug-likeness (QED) is 0.517. The van der Waals surface area contributed by atoms with Crippen molar-refractivity contribution in [2.45, 2.75) is 20.3 Å². The number of nitrogen functional groups attached to an aromatic ring is 1. The number of carbonyl (C=O) groups is 2. The van der Waals surface area contributed by atoms with E-state index in [1.807, 2.05) is 19.9 Å². The van der Waals surface area contributed by atoms with Gasteiger partial charge in [-0.3, -0.25) is 9.59 Å². The SMILES string of the molecule is CC.COCCOc1nc(-c2cccc(C#C[C@@H]3CCN(C)C3=O)c2)nc(C(N)=O)c1N. The van der Waals surface area contributed by atoms with E-state index >= 15 is 0 Å². The van der Waals surface area contributed by atoms with Crippen LogP contribution in [0.2, 0.25) is 0 Å². The van der Waals surface area contributed by atoms with Crippen LogP contribution in [-0.4, -0.2) is 60.6 Å². The van der Waals surface area contributed by atoms with Crippen molar-refractivity contribution in [1.29, 1.82) is 0 Å². The van der Waals surface area contributed by atoms with Gasteiger partial charge in [-0.05, 0) is 18.6 Å². The predicted molar refractivity (Wildman–Crippen MR) is 122 cm³/mol. The molecule has 170 valence electrons. The van der Waals surface area contributed by atoms with E-state index in [0.717, 1.165) is 0 Å². The molecule has 2 heterocycles. The number of benzene rings is 1. The number of nitrogens with zero attached hydrogens (tertiary/aromatic N) is 3. The van der Waals surface area contributed by atoms with Crippen LogP contribution >= 0.6 is 0 Å². The van der Waals surface area contributed by atoms with Crippen LogP contribution in [0.3, 0.4) is 0 Å². The molecule has 0 bridgehead atoms. The Morgan fingerprint density at radius 3 is 2.66 bits per heavy atom. The van der Waals surface area contributed by atoms with Crippen molar-refractivity contribution in [3.63, 3.8) is 0 Å². The number of nitrogens with two attached hydrogens (primary N) is 2. The highest BCUT2D eigenvalue weighted by molar-refractivity contribution is 5.97. The first kappa shape index (κ1) is 24.6. The molecule has 3 rings (SSSR count). The largest absolute Gasteiger partial charge is 0.474 e. The second-order valence-corrected chi connectivity index (χ2v) is 6.77. The van der Waals surface area contributed by atoms with Crippen LogP contribution in [0.25, 0.3) is 11.4 Å². The lowest BCUT2D eigenvalue weighted by atomic mass is 10.1. The Hall–Kier alpha value is -3.64. The van der Waals surface area contributed by atoms with E-state index in [0.29, 0.717) is 30.7 Å². The summed E-state index contributed by atoms with van der Waals surface area (Å²) < 4.78 is 10.5. The van der Waals surface area contributed by atoms with Gasteiger partial charge in [0, 0.05) is 31.8 Å². The Morgan fingerprint density at radius 2 is 2.03 bits per heavy atom. The van der Waals surface area contributed by atoms with Gasteiger partial charge in [-0.1, -0.05) is 37.8 Å². The monoisotopic (exact) mass is 439 g/mol. The fraction of sp³-hybridized carbons (Fsp3) is 0.391. The van der Waals surface area contributed by atoms with Crippen molar-refractivity contribution in [1.82, 2.24) is 14.9 Å². The van der Waals surface area contributed by atoms with E-state index < -0.39 is 5.91 Å². The maximum atomic E-state index is 12.0. The highest BCUT2D eigenvalue weighted by Crippen LogP contribution is 2.26. The third-order valence-corrected chi connectivity index (χ3v) is 4.61. The molecule has 9 heteroatoms. The van der Waals surface area contributed by atoms with Gasteiger partial charge in [0.2, 0.25) is 11.8 Å². The molecule has 1 fully saturated rings. The Bertz CT molecular complexity index is 1030. The fourth-order valence-electron chi connectivity index (χ4n) is 2.96. The van der Waals surface area contributed by atoms with Crippen molar-refractivity contribution in [2.75, 3.05) is 39.6 Å². The maximum Gasteiger partial charge on any atom is 0.269 e. The maximum absolute atomic E-state index is 12.0. The number of anilines is 1. The summed E-state index contributed by atoms with van der Waals surface area (Å²) in [4.78, 5) is 34.0. The van der Waals surface area contributed by atoms with Crippen molar-refractivity contribution in [3.8, 4) is 29.1 Å². The van der Waals surface area contributed by atoms with Crippen molar-refractivity contribution in [2.24, 2.45) is 11.7 Å². The molecular weight excluding hydrogens is 410 g/mol. The molecular formula is C23H29N5O4. The molecule has 0 spiro atoms. The molecule has 9 nitrogen and oxygen atoms in total. The zero-order valence-electron chi connectivity index (χ0n) is 18.8. The lowest BCUT2D eigenvalue weighted by Crippen LogP contribution is -2.21. The van der Waals surface area contributed by atoms with E-state index in [9.17, 15) is 9.59 Å². The molecule has 1 aliphatic rings. The zero-order chi connectivity index (χ0) is 23.7. The van der Waals surface area contributed by atoms with Gasteiger partial charge in [0.05, 0.1) is 6.61 Å². The molecule has 1 aliphatic heterocycles. The van der Waals surface area contributed by atoms with E-state index in [1.54, 1.807) is 30.1 Å². The lowest BCUT2D eigenvalue weighted by Gasteiger charge is -2.11. The molecule has 1 aromatic carbocycles. The molecule has 2 aromatic rings. The normalized spacial score (nSPS) is 14.8. The van der Waals surface area contributed by atoms with E-state index in [-0.39, 0.29) is 41.5 Å². The van der Waals surface area contributed by atoms with Crippen LogP contribution in [0.1, 0.15) is 36.3 Å². The Morgan fingerprint density at radius 1 is 1.28 bits per heavy atom. The van der Waals surface area contributed by atoms with Gasteiger partial charge >= 0.3 is 0 Å². The van der Waals surface area contributed by atoms with Gasteiger partial charge in [-0.2, -0.15) is 4.98 Å². The molecule has 2 amide bonds. The second kappa shape index (κ2) is 11.7. The Kier molecular flexibility index (Phi) is 8.98. The first-order valence-electron chi connectivity index (χ1n) is 10.4. The van der Waals surface area contributed by atoms with Gasteiger partial charge in [0.25, 0.3) is 5.91 Å². The summed E-state index contributed by atoms with van der Waals surface area (Å²) in [6.07, 6.45) is 0.716. The number of rotatable bonds is 6. The topological polar surface area (TPSA) is 134 Å². The number of methoxy groups -OCH3 is 1. The van der Waals surface area contributed by atoms with Gasteiger partial charge < -0.3 is 25.8 Å². The van der Waals surface area contributed by atoms with E-state index in [2.05, 4.69) is 21.8 Å². The summed E-state index contributed by atoms with van der Waals surface area (Å²) in [5.74, 6) is 5.30. The Balaban J connectivity index is 0.00000176. The van der Waals surface area contributed by atoms with Crippen LogP contribution in [-0.2, 0) is 9.53 Å². The lowest BCUT2D eigenvalue weighted by molar-refractivity contribution is -0.128.